The second-order valence-corrected chi connectivity index (χ2v) is 17.3. The van der Waals surface area contributed by atoms with Crippen LogP contribution >= 0.6 is 0 Å². The minimum Gasteiger partial charge on any atom is -0.318 e. The van der Waals surface area contributed by atoms with Crippen LogP contribution in [0, 0.1) is 0 Å². The van der Waals surface area contributed by atoms with Crippen molar-refractivity contribution in [2.45, 2.75) is 12.5 Å². The molecule has 65 heavy (non-hydrogen) atoms. The zero-order valence-electron chi connectivity index (χ0n) is 36.1. The maximum Gasteiger partial charge on any atom is 0.0650 e. The Labute approximate surface area is 379 Å². The second kappa shape index (κ2) is 15.5. The summed E-state index contributed by atoms with van der Waals surface area (Å²) < 4.78 is 2.38. The molecule has 0 saturated carbocycles. The van der Waals surface area contributed by atoms with Crippen LogP contribution in [0.1, 0.15) is 18.1 Å². The summed E-state index contributed by atoms with van der Waals surface area (Å²) in [6, 6.07) is 87.7. The molecule has 2 N–H and O–H groups in total. The number of anilines is 3. The van der Waals surface area contributed by atoms with Gasteiger partial charge in [0, 0.05) is 33.5 Å². The molecule has 0 amide bonds. The third-order valence-electron chi connectivity index (χ3n) is 13.3. The van der Waals surface area contributed by atoms with Crippen molar-refractivity contribution < 1.29 is 0 Å². The maximum atomic E-state index is 7.60. The summed E-state index contributed by atoms with van der Waals surface area (Å²) in [7, 11) is 0. The molecule has 3 heteroatoms. The molecule has 1 aromatic heterocycles. The zero-order chi connectivity index (χ0) is 43.5. The monoisotopic (exact) mass is 831 g/mol. The minimum atomic E-state index is -0.753. The average molecular weight is 832 g/mol. The van der Waals surface area contributed by atoms with Crippen molar-refractivity contribution in [3.05, 3.63) is 254 Å². The van der Waals surface area contributed by atoms with E-state index in [2.05, 4.69) is 259 Å². The number of para-hydroxylation sites is 2. The van der Waals surface area contributed by atoms with Crippen LogP contribution in [-0.4, -0.2) is 4.57 Å². The van der Waals surface area contributed by atoms with E-state index in [0.29, 0.717) is 0 Å². The Morgan fingerprint density at radius 3 is 1.45 bits per heavy atom. The van der Waals surface area contributed by atoms with Gasteiger partial charge in [-0.05, 0) is 140 Å². The Morgan fingerprint density at radius 2 is 0.785 bits per heavy atom. The smallest absolute Gasteiger partial charge is 0.0650 e. The van der Waals surface area contributed by atoms with Gasteiger partial charge in [0.25, 0.3) is 0 Å². The minimum absolute atomic E-state index is 0.753. The molecule has 11 aromatic rings. The molecular formula is C62H45N3. The summed E-state index contributed by atoms with van der Waals surface area (Å²) in [6.07, 6.45) is 0. The lowest BCUT2D eigenvalue weighted by molar-refractivity contribution is 0.620. The molecule has 0 saturated heterocycles. The van der Waals surface area contributed by atoms with E-state index in [1.165, 1.54) is 60.8 Å². The number of rotatable bonds is 8. The van der Waals surface area contributed by atoms with Gasteiger partial charge in [0.1, 0.15) is 0 Å². The van der Waals surface area contributed by atoms with E-state index in [-0.39, 0.29) is 0 Å². The predicted octanol–water partition coefficient (Wildman–Crippen LogP) is 16.1. The SMILES string of the molecule is CC1(N)c2cc(N(c3cccc(-c4cccc(-c5ccccc5)c4)c3)c3cccc(-c4ccccc4-c4ccccc4)c3)ccc2-c2ccc(-n3c4ccccc4c4ccccc43)cc21. The number of benzene rings is 10. The van der Waals surface area contributed by atoms with E-state index in [0.717, 1.165) is 50.6 Å². The summed E-state index contributed by atoms with van der Waals surface area (Å²) >= 11 is 0. The van der Waals surface area contributed by atoms with E-state index >= 15 is 0 Å². The highest BCUT2D eigenvalue weighted by atomic mass is 15.1. The molecule has 1 aliphatic rings. The highest BCUT2D eigenvalue weighted by Crippen LogP contribution is 2.50. The van der Waals surface area contributed by atoms with Crippen LogP contribution in [0.5, 0.6) is 0 Å². The fraction of sp³-hybridized carbons (Fsp3) is 0.0323. The standard InChI is InChI=1S/C62H45N3/c1-62(63)58-40-50(33-35-54(58)55-36-34-51(41-59(55)62)65-60-31-12-10-29-56(60)57-30-11-13-32-61(57)65)64(48-25-15-23-46(38-48)45-22-14-21-44(37-45)42-17-4-2-5-18-42)49-26-16-24-47(39-49)53-28-9-8-27-52(53)43-19-6-3-7-20-43/h2-41H,63H2,1H3. The number of nitrogens with zero attached hydrogens (tertiary/aromatic N) is 2. The number of hydrogen-bond donors (Lipinski definition) is 1. The van der Waals surface area contributed by atoms with Crippen molar-refractivity contribution in [1.29, 1.82) is 0 Å². The van der Waals surface area contributed by atoms with E-state index in [1.807, 2.05) is 0 Å². The van der Waals surface area contributed by atoms with Crippen LogP contribution in [0.3, 0.4) is 0 Å². The lowest BCUT2D eigenvalue weighted by Crippen LogP contribution is -2.32. The van der Waals surface area contributed by atoms with Crippen LogP contribution in [0.2, 0.25) is 0 Å². The van der Waals surface area contributed by atoms with Crippen molar-refractivity contribution in [3.63, 3.8) is 0 Å². The van der Waals surface area contributed by atoms with Crippen LogP contribution in [0.25, 0.3) is 83.1 Å². The number of nitrogens with two attached hydrogens (primary N) is 1. The summed E-state index contributed by atoms with van der Waals surface area (Å²) in [5, 5.41) is 2.49. The third kappa shape index (κ3) is 6.56. The highest BCUT2D eigenvalue weighted by molar-refractivity contribution is 6.09. The molecule has 1 aliphatic carbocycles. The fourth-order valence-corrected chi connectivity index (χ4v) is 10.2. The molecule has 12 rings (SSSR count). The van der Waals surface area contributed by atoms with Gasteiger partial charge in [-0.2, -0.15) is 0 Å². The first-order valence-corrected chi connectivity index (χ1v) is 22.4. The van der Waals surface area contributed by atoms with Crippen LogP contribution in [-0.2, 0) is 5.54 Å². The molecule has 0 fully saturated rings. The fourth-order valence-electron chi connectivity index (χ4n) is 10.2. The summed E-state index contributed by atoms with van der Waals surface area (Å²) in [6.45, 7) is 2.17. The van der Waals surface area contributed by atoms with Crippen molar-refractivity contribution in [2.75, 3.05) is 4.90 Å². The first kappa shape index (κ1) is 38.4. The number of aromatic nitrogens is 1. The topological polar surface area (TPSA) is 34.2 Å². The number of hydrogen-bond acceptors (Lipinski definition) is 2. The summed E-state index contributed by atoms with van der Waals surface area (Å²) in [5.74, 6) is 0. The Morgan fingerprint density at radius 1 is 0.338 bits per heavy atom. The largest absolute Gasteiger partial charge is 0.318 e. The molecule has 308 valence electrons. The highest BCUT2D eigenvalue weighted by Gasteiger charge is 2.37. The summed E-state index contributed by atoms with van der Waals surface area (Å²) in [5.41, 5.74) is 27.5. The van der Waals surface area contributed by atoms with Gasteiger partial charge in [0.2, 0.25) is 0 Å². The van der Waals surface area contributed by atoms with Gasteiger partial charge in [-0.1, -0.05) is 176 Å². The first-order valence-electron chi connectivity index (χ1n) is 22.4. The Kier molecular flexibility index (Phi) is 9.18. The molecule has 10 aromatic carbocycles. The predicted molar refractivity (Wildman–Crippen MR) is 273 cm³/mol. The van der Waals surface area contributed by atoms with Gasteiger partial charge in [0.05, 0.1) is 16.6 Å². The van der Waals surface area contributed by atoms with Crippen LogP contribution in [0.4, 0.5) is 17.1 Å². The molecule has 1 atom stereocenters. The van der Waals surface area contributed by atoms with E-state index in [9.17, 15) is 0 Å². The van der Waals surface area contributed by atoms with Crippen molar-refractivity contribution in [3.8, 4) is 61.3 Å². The maximum absolute atomic E-state index is 7.60. The van der Waals surface area contributed by atoms with Crippen molar-refractivity contribution >= 4 is 38.9 Å². The van der Waals surface area contributed by atoms with Crippen molar-refractivity contribution in [2.24, 2.45) is 5.73 Å². The van der Waals surface area contributed by atoms with Gasteiger partial charge in [0.15, 0.2) is 0 Å². The first-order chi connectivity index (χ1) is 32.0. The lowest BCUT2D eigenvalue weighted by Gasteiger charge is -2.29. The molecule has 0 radical (unpaired) electrons. The molecule has 0 aliphatic heterocycles. The number of fused-ring (bicyclic) bond motifs is 6. The molecule has 1 unspecified atom stereocenters. The Hall–Kier alpha value is -8.24. The normalized spacial score (nSPS) is 14.1. The summed E-state index contributed by atoms with van der Waals surface area (Å²) in [4.78, 5) is 2.39. The van der Waals surface area contributed by atoms with E-state index < -0.39 is 5.54 Å². The van der Waals surface area contributed by atoms with E-state index in [1.54, 1.807) is 0 Å². The molecule has 1 heterocycles. The van der Waals surface area contributed by atoms with Crippen LogP contribution < -0.4 is 10.6 Å². The molecule has 3 nitrogen and oxygen atoms in total. The Balaban J connectivity index is 0.996. The molecule has 0 bridgehead atoms. The molecular weight excluding hydrogens is 787 g/mol. The van der Waals surface area contributed by atoms with Gasteiger partial charge in [-0.3, -0.25) is 0 Å². The lowest BCUT2D eigenvalue weighted by atomic mass is 9.90. The quantitative estimate of drug-likeness (QED) is 0.165. The molecule has 0 spiro atoms. The van der Waals surface area contributed by atoms with Gasteiger partial charge in [-0.25, -0.2) is 0 Å². The third-order valence-corrected chi connectivity index (χ3v) is 13.3. The second-order valence-electron chi connectivity index (χ2n) is 17.3. The Bertz CT molecular complexity index is 3530. The van der Waals surface area contributed by atoms with Crippen LogP contribution in [0.15, 0.2) is 243 Å². The van der Waals surface area contributed by atoms with Crippen molar-refractivity contribution in [1.82, 2.24) is 4.57 Å². The van der Waals surface area contributed by atoms with Gasteiger partial charge < -0.3 is 15.2 Å². The van der Waals surface area contributed by atoms with Gasteiger partial charge >= 0.3 is 0 Å². The zero-order valence-corrected chi connectivity index (χ0v) is 36.1. The van der Waals surface area contributed by atoms with Gasteiger partial charge in [-0.15, -0.1) is 0 Å². The van der Waals surface area contributed by atoms with E-state index in [4.69, 9.17) is 5.73 Å². The average Bonchev–Trinajstić information content (AvgIpc) is 3.82.